The molecule has 2 aromatic carbocycles. The van der Waals surface area contributed by atoms with Crippen LogP contribution >= 0.6 is 0 Å². The Morgan fingerprint density at radius 2 is 1.96 bits per heavy atom. The van der Waals surface area contributed by atoms with Crippen molar-refractivity contribution in [3.8, 4) is 5.75 Å². The molecule has 0 aliphatic carbocycles. The number of sulfonamides is 1. The molecule has 0 bridgehead atoms. The van der Waals surface area contributed by atoms with E-state index in [2.05, 4.69) is 9.71 Å². The molecule has 0 saturated carbocycles. The number of primary amides is 1. The molecule has 24 heavy (non-hydrogen) atoms. The van der Waals surface area contributed by atoms with Gasteiger partial charge in [0.2, 0.25) is 0 Å². The summed E-state index contributed by atoms with van der Waals surface area (Å²) in [6, 6.07) is 7.11. The van der Waals surface area contributed by atoms with Crippen LogP contribution in [0.15, 0.2) is 47.5 Å². The Bertz CT molecular complexity index is 1060. The van der Waals surface area contributed by atoms with Gasteiger partial charge in [0.25, 0.3) is 15.9 Å². The highest BCUT2D eigenvalue weighted by atomic mass is 32.2. The number of phenols is 1. The van der Waals surface area contributed by atoms with Gasteiger partial charge in [-0.25, -0.2) is 12.8 Å². The third-order valence-corrected chi connectivity index (χ3v) is 4.79. The number of aromatic amines is 1. The summed E-state index contributed by atoms with van der Waals surface area (Å²) in [6.07, 6.45) is 1.53. The van der Waals surface area contributed by atoms with Crippen LogP contribution < -0.4 is 10.5 Å². The largest absolute Gasteiger partial charge is 0.507 e. The number of fused-ring (bicyclic) bond motifs is 1. The molecule has 0 fully saturated rings. The normalized spacial score (nSPS) is 11.5. The molecule has 1 aromatic heterocycles. The number of nitrogens with two attached hydrogens (primary N) is 1. The van der Waals surface area contributed by atoms with E-state index in [-0.39, 0.29) is 16.1 Å². The lowest BCUT2D eigenvalue weighted by atomic mass is 10.2. The average Bonchev–Trinajstić information content (AvgIpc) is 2.95. The van der Waals surface area contributed by atoms with Crippen LogP contribution in [0.25, 0.3) is 10.9 Å². The number of amides is 1. The average molecular weight is 349 g/mol. The highest BCUT2D eigenvalue weighted by molar-refractivity contribution is 7.92. The maximum absolute atomic E-state index is 13.9. The number of hydrogen-bond acceptors (Lipinski definition) is 4. The van der Waals surface area contributed by atoms with Crippen LogP contribution in [0.2, 0.25) is 0 Å². The number of anilines is 1. The monoisotopic (exact) mass is 349 g/mol. The summed E-state index contributed by atoms with van der Waals surface area (Å²) in [7, 11) is -4.10. The third-order valence-electron chi connectivity index (χ3n) is 3.41. The van der Waals surface area contributed by atoms with E-state index in [1.165, 1.54) is 18.3 Å². The molecule has 0 spiro atoms. The first-order valence-electron chi connectivity index (χ1n) is 6.70. The van der Waals surface area contributed by atoms with Gasteiger partial charge in [0.15, 0.2) is 0 Å². The van der Waals surface area contributed by atoms with Crippen LogP contribution in [-0.4, -0.2) is 24.4 Å². The molecular formula is C15H12FN3O4S. The SMILES string of the molecule is NC(=O)c1cc(S(=O)(=O)Nc2cc(F)c3cc[nH]c3c2)ccc1O. The third kappa shape index (κ3) is 2.76. The summed E-state index contributed by atoms with van der Waals surface area (Å²) in [5, 5.41) is 9.85. The topological polar surface area (TPSA) is 125 Å². The number of hydrogen-bond donors (Lipinski definition) is 4. The van der Waals surface area contributed by atoms with Gasteiger partial charge in [-0.3, -0.25) is 9.52 Å². The maximum atomic E-state index is 13.9. The van der Waals surface area contributed by atoms with Crippen LogP contribution in [0.3, 0.4) is 0 Å². The molecule has 7 nitrogen and oxygen atoms in total. The van der Waals surface area contributed by atoms with E-state index in [1.807, 2.05) is 0 Å². The van der Waals surface area contributed by atoms with Gasteiger partial charge in [-0.05, 0) is 36.4 Å². The van der Waals surface area contributed by atoms with Gasteiger partial charge in [-0.1, -0.05) is 0 Å². The highest BCUT2D eigenvalue weighted by Gasteiger charge is 2.19. The second-order valence-electron chi connectivity index (χ2n) is 5.05. The maximum Gasteiger partial charge on any atom is 0.261 e. The van der Waals surface area contributed by atoms with Crippen LogP contribution in [0.5, 0.6) is 5.75 Å². The van der Waals surface area contributed by atoms with E-state index < -0.39 is 27.5 Å². The highest BCUT2D eigenvalue weighted by Crippen LogP contribution is 2.26. The Morgan fingerprint density at radius 1 is 1.21 bits per heavy atom. The predicted molar refractivity (Wildman–Crippen MR) is 85.7 cm³/mol. The van der Waals surface area contributed by atoms with Crippen molar-refractivity contribution in [2.45, 2.75) is 4.90 Å². The van der Waals surface area contributed by atoms with Crippen LogP contribution in [0.4, 0.5) is 10.1 Å². The minimum Gasteiger partial charge on any atom is -0.507 e. The lowest BCUT2D eigenvalue weighted by molar-refractivity contribution is 0.0997. The number of carbonyl (C=O) groups excluding carboxylic acids is 1. The summed E-state index contributed by atoms with van der Waals surface area (Å²) in [5.41, 5.74) is 5.19. The first kappa shape index (κ1) is 15.8. The van der Waals surface area contributed by atoms with Crippen molar-refractivity contribution in [1.29, 1.82) is 0 Å². The van der Waals surface area contributed by atoms with E-state index in [1.54, 1.807) is 0 Å². The standard InChI is InChI=1S/C15H12FN3O4S/c16-12-5-8(6-13-10(12)3-4-18-13)19-24(22,23)9-1-2-14(20)11(7-9)15(17)21/h1-7,18-20H,(H2,17,21). The van der Waals surface area contributed by atoms with Gasteiger partial charge in [-0.15, -0.1) is 0 Å². The second kappa shape index (κ2) is 5.53. The number of rotatable bonds is 4. The Hall–Kier alpha value is -3.07. The number of carbonyl (C=O) groups is 1. The minimum atomic E-state index is -4.10. The summed E-state index contributed by atoms with van der Waals surface area (Å²) < 4.78 is 40.9. The zero-order valence-corrected chi connectivity index (χ0v) is 12.9. The van der Waals surface area contributed by atoms with E-state index in [0.717, 1.165) is 24.3 Å². The van der Waals surface area contributed by atoms with Gasteiger partial charge in [0, 0.05) is 11.6 Å². The summed E-state index contributed by atoms with van der Waals surface area (Å²) in [5.74, 6) is -1.99. The number of aromatic hydroxyl groups is 1. The minimum absolute atomic E-state index is 0.0103. The van der Waals surface area contributed by atoms with Gasteiger partial charge < -0.3 is 15.8 Å². The van der Waals surface area contributed by atoms with Gasteiger partial charge >= 0.3 is 0 Å². The van der Waals surface area contributed by atoms with Crippen LogP contribution in [0.1, 0.15) is 10.4 Å². The first-order valence-corrected chi connectivity index (χ1v) is 8.18. The second-order valence-corrected chi connectivity index (χ2v) is 6.73. The molecule has 5 N–H and O–H groups in total. The quantitative estimate of drug-likeness (QED) is 0.574. The number of benzene rings is 2. The molecule has 0 unspecified atom stereocenters. The summed E-state index contributed by atoms with van der Waals surface area (Å²) in [6.45, 7) is 0. The lowest BCUT2D eigenvalue weighted by Gasteiger charge is -2.10. The van der Waals surface area contributed by atoms with Gasteiger partial charge in [0.05, 0.1) is 21.7 Å². The molecule has 0 aliphatic rings. The van der Waals surface area contributed by atoms with E-state index in [9.17, 15) is 22.7 Å². The molecule has 9 heteroatoms. The number of aromatic nitrogens is 1. The van der Waals surface area contributed by atoms with E-state index in [0.29, 0.717) is 10.9 Å². The molecule has 124 valence electrons. The molecule has 3 rings (SSSR count). The lowest BCUT2D eigenvalue weighted by Crippen LogP contribution is -2.16. The van der Waals surface area contributed by atoms with Crippen LogP contribution in [-0.2, 0) is 10.0 Å². The van der Waals surface area contributed by atoms with Crippen molar-refractivity contribution < 1.29 is 22.7 Å². The van der Waals surface area contributed by atoms with Gasteiger partial charge in [-0.2, -0.15) is 0 Å². The fourth-order valence-electron chi connectivity index (χ4n) is 2.27. The van der Waals surface area contributed by atoms with Crippen molar-refractivity contribution in [2.75, 3.05) is 4.72 Å². The molecule has 0 saturated heterocycles. The Morgan fingerprint density at radius 3 is 2.67 bits per heavy atom. The fraction of sp³-hybridized carbons (Fsp3) is 0. The zero-order valence-electron chi connectivity index (χ0n) is 12.1. The molecule has 0 radical (unpaired) electrons. The smallest absolute Gasteiger partial charge is 0.261 e. The van der Waals surface area contributed by atoms with Gasteiger partial charge in [0.1, 0.15) is 11.6 Å². The summed E-state index contributed by atoms with van der Waals surface area (Å²) in [4.78, 5) is 13.7. The molecule has 1 heterocycles. The Balaban J connectivity index is 2.01. The van der Waals surface area contributed by atoms with Crippen molar-refractivity contribution in [3.63, 3.8) is 0 Å². The Kier molecular flexibility index (Phi) is 3.64. The number of H-pyrrole nitrogens is 1. The fourth-order valence-corrected chi connectivity index (χ4v) is 3.34. The molecular weight excluding hydrogens is 337 g/mol. The van der Waals surface area contributed by atoms with Crippen molar-refractivity contribution in [3.05, 3.63) is 54.0 Å². The van der Waals surface area contributed by atoms with E-state index in [4.69, 9.17) is 5.73 Å². The molecule has 3 aromatic rings. The number of nitrogens with one attached hydrogen (secondary N) is 2. The van der Waals surface area contributed by atoms with Crippen molar-refractivity contribution in [2.24, 2.45) is 5.73 Å². The molecule has 0 aliphatic heterocycles. The Labute approximate surface area is 136 Å². The van der Waals surface area contributed by atoms with E-state index >= 15 is 0 Å². The molecule has 0 atom stereocenters. The predicted octanol–water partition coefficient (Wildman–Crippen LogP) is 1.91. The number of halogens is 1. The van der Waals surface area contributed by atoms with Crippen molar-refractivity contribution in [1.82, 2.24) is 4.98 Å². The first-order chi connectivity index (χ1) is 11.3. The van der Waals surface area contributed by atoms with Crippen molar-refractivity contribution >= 4 is 32.5 Å². The zero-order chi connectivity index (χ0) is 17.5. The molecule has 1 amide bonds. The van der Waals surface area contributed by atoms with Crippen LogP contribution in [0, 0.1) is 5.82 Å². The summed E-state index contributed by atoms with van der Waals surface area (Å²) >= 11 is 0.